The molecular weight excluding hydrogens is 420 g/mol. The number of aryl methyl sites for hydroxylation is 1. The van der Waals surface area contributed by atoms with Crippen LogP contribution in [-0.2, 0) is 11.3 Å². The van der Waals surface area contributed by atoms with Crippen LogP contribution in [0.25, 0.3) is 10.2 Å². The molecule has 8 heteroatoms. The molecule has 6 nitrogen and oxygen atoms in total. The Morgan fingerprint density at radius 3 is 2.80 bits per heavy atom. The van der Waals surface area contributed by atoms with Crippen molar-refractivity contribution in [2.24, 2.45) is 0 Å². The fraction of sp³-hybridized carbons (Fsp3) is 0.136. The Balaban J connectivity index is 1.53. The van der Waals surface area contributed by atoms with Crippen LogP contribution in [0.3, 0.4) is 0 Å². The summed E-state index contributed by atoms with van der Waals surface area (Å²) in [6.07, 6.45) is 0. The summed E-state index contributed by atoms with van der Waals surface area (Å²) in [4.78, 5) is 28.4. The van der Waals surface area contributed by atoms with Gasteiger partial charge in [-0.2, -0.15) is 5.10 Å². The molecule has 1 aliphatic rings. The van der Waals surface area contributed by atoms with Crippen LogP contribution < -0.4 is 10.2 Å². The van der Waals surface area contributed by atoms with Gasteiger partial charge in [0.25, 0.3) is 5.91 Å². The van der Waals surface area contributed by atoms with Gasteiger partial charge in [0.2, 0.25) is 5.91 Å². The minimum absolute atomic E-state index is 0.00514. The summed E-state index contributed by atoms with van der Waals surface area (Å²) < 4.78 is 1.88. The Hall–Kier alpha value is -3.16. The number of nitrogens with zero attached hydrogens (tertiary/aromatic N) is 3. The quantitative estimate of drug-likeness (QED) is 0.506. The number of halogens is 1. The first kappa shape index (κ1) is 18.8. The number of anilines is 2. The van der Waals surface area contributed by atoms with Gasteiger partial charge < -0.3 is 5.32 Å². The zero-order valence-corrected chi connectivity index (χ0v) is 17.6. The highest BCUT2D eigenvalue weighted by atomic mass is 35.5. The minimum Gasteiger partial charge on any atom is -0.323 e. The summed E-state index contributed by atoms with van der Waals surface area (Å²) in [5.41, 5.74) is 3.16. The van der Waals surface area contributed by atoms with Crippen molar-refractivity contribution < 1.29 is 9.59 Å². The molecule has 3 heterocycles. The highest BCUT2D eigenvalue weighted by molar-refractivity contribution is 7.20. The predicted octanol–water partition coefficient (Wildman–Crippen LogP) is 4.71. The first-order valence-electron chi connectivity index (χ1n) is 9.42. The largest absolute Gasteiger partial charge is 0.323 e. The number of rotatable bonds is 3. The van der Waals surface area contributed by atoms with Crippen molar-refractivity contribution in [1.29, 1.82) is 0 Å². The Kier molecular flexibility index (Phi) is 4.56. The molecule has 5 rings (SSSR count). The van der Waals surface area contributed by atoms with Gasteiger partial charge in [-0.1, -0.05) is 41.9 Å². The molecule has 2 amide bonds. The number of aromatic nitrogens is 2. The number of carbonyl (C=O) groups is 2. The van der Waals surface area contributed by atoms with Gasteiger partial charge in [-0.25, -0.2) is 0 Å². The lowest BCUT2D eigenvalue weighted by Crippen LogP contribution is -2.41. The molecule has 0 fully saturated rings. The zero-order chi connectivity index (χ0) is 20.8. The van der Waals surface area contributed by atoms with E-state index in [0.29, 0.717) is 27.8 Å². The van der Waals surface area contributed by atoms with Crippen LogP contribution in [0.15, 0.2) is 54.6 Å². The van der Waals surface area contributed by atoms with Crippen molar-refractivity contribution in [2.75, 3.05) is 16.8 Å². The fourth-order valence-electron chi connectivity index (χ4n) is 3.66. The maximum Gasteiger partial charge on any atom is 0.268 e. The molecular formula is C22H17ClN4O2S. The fourth-order valence-corrected chi connectivity index (χ4v) is 4.97. The van der Waals surface area contributed by atoms with Gasteiger partial charge in [-0.05, 0) is 36.8 Å². The van der Waals surface area contributed by atoms with E-state index in [1.165, 1.54) is 16.2 Å². The highest BCUT2D eigenvalue weighted by Crippen LogP contribution is 2.34. The van der Waals surface area contributed by atoms with Crippen molar-refractivity contribution in [1.82, 2.24) is 9.78 Å². The Labute approximate surface area is 181 Å². The van der Waals surface area contributed by atoms with E-state index in [0.717, 1.165) is 21.5 Å². The van der Waals surface area contributed by atoms with E-state index in [2.05, 4.69) is 10.4 Å². The van der Waals surface area contributed by atoms with Crippen LogP contribution in [0, 0.1) is 6.92 Å². The number of para-hydroxylation sites is 2. The highest BCUT2D eigenvalue weighted by Gasteiger charge is 2.29. The summed E-state index contributed by atoms with van der Waals surface area (Å²) in [5, 5.41) is 9.06. The summed E-state index contributed by atoms with van der Waals surface area (Å²) in [7, 11) is 0. The van der Waals surface area contributed by atoms with Crippen molar-refractivity contribution in [2.45, 2.75) is 13.5 Å². The lowest BCUT2D eigenvalue weighted by Gasteiger charge is -2.28. The molecule has 1 aliphatic heterocycles. The molecule has 0 saturated carbocycles. The smallest absolute Gasteiger partial charge is 0.268 e. The molecule has 0 radical (unpaired) electrons. The van der Waals surface area contributed by atoms with Crippen molar-refractivity contribution >= 4 is 56.3 Å². The van der Waals surface area contributed by atoms with E-state index >= 15 is 0 Å². The molecule has 0 unspecified atom stereocenters. The summed E-state index contributed by atoms with van der Waals surface area (Å²) >= 11 is 7.70. The van der Waals surface area contributed by atoms with Crippen LogP contribution in [0.2, 0.25) is 5.02 Å². The SMILES string of the molecule is Cc1nn(Cc2ccccc2Cl)c2sc(C(=O)N3CC(=O)Nc4ccccc43)cc12. The topological polar surface area (TPSA) is 67.2 Å². The number of nitrogens with one attached hydrogen (secondary N) is 1. The van der Waals surface area contributed by atoms with Crippen LogP contribution >= 0.6 is 22.9 Å². The number of hydrogen-bond acceptors (Lipinski definition) is 4. The second kappa shape index (κ2) is 7.27. The van der Waals surface area contributed by atoms with Gasteiger partial charge in [0.05, 0.1) is 28.5 Å². The molecule has 2 aromatic carbocycles. The zero-order valence-electron chi connectivity index (χ0n) is 16.1. The second-order valence-electron chi connectivity index (χ2n) is 7.12. The number of carbonyl (C=O) groups excluding carboxylic acids is 2. The third-order valence-electron chi connectivity index (χ3n) is 5.11. The third kappa shape index (κ3) is 3.16. The van der Waals surface area contributed by atoms with Crippen LogP contribution in [0.5, 0.6) is 0 Å². The lowest BCUT2D eigenvalue weighted by molar-refractivity contribution is -0.115. The summed E-state index contributed by atoms with van der Waals surface area (Å²) in [6.45, 7) is 2.44. The normalized spacial score (nSPS) is 13.4. The molecule has 30 heavy (non-hydrogen) atoms. The molecule has 0 bridgehead atoms. The standard InChI is InChI=1S/C22H17ClN4O2S/c1-13-15-10-19(21(29)26-12-20(28)24-17-8-4-5-9-18(17)26)30-22(15)27(25-13)11-14-6-2-3-7-16(14)23/h2-10H,11-12H2,1H3,(H,24,28). The number of amides is 2. The summed E-state index contributed by atoms with van der Waals surface area (Å²) in [6, 6.07) is 16.8. The van der Waals surface area contributed by atoms with E-state index in [4.69, 9.17) is 11.6 Å². The molecule has 0 spiro atoms. The predicted molar refractivity (Wildman–Crippen MR) is 120 cm³/mol. The third-order valence-corrected chi connectivity index (χ3v) is 6.62. The van der Waals surface area contributed by atoms with Crippen molar-refractivity contribution in [3.8, 4) is 0 Å². The first-order valence-corrected chi connectivity index (χ1v) is 10.6. The van der Waals surface area contributed by atoms with Gasteiger partial charge >= 0.3 is 0 Å². The minimum atomic E-state index is -0.204. The molecule has 2 aromatic heterocycles. The van der Waals surface area contributed by atoms with Crippen LogP contribution in [-0.4, -0.2) is 28.1 Å². The molecule has 0 aliphatic carbocycles. The molecule has 0 saturated heterocycles. The Bertz CT molecular complexity index is 1310. The van der Waals surface area contributed by atoms with E-state index in [1.54, 1.807) is 6.07 Å². The number of thiophene rings is 1. The van der Waals surface area contributed by atoms with Crippen LogP contribution in [0.4, 0.5) is 11.4 Å². The van der Waals surface area contributed by atoms with E-state index < -0.39 is 0 Å². The van der Waals surface area contributed by atoms with Gasteiger partial charge in [-0.3, -0.25) is 19.2 Å². The van der Waals surface area contributed by atoms with Gasteiger partial charge in [-0.15, -0.1) is 11.3 Å². The lowest BCUT2D eigenvalue weighted by atomic mass is 10.2. The van der Waals surface area contributed by atoms with Gasteiger partial charge in [0, 0.05) is 10.4 Å². The second-order valence-corrected chi connectivity index (χ2v) is 8.56. The van der Waals surface area contributed by atoms with Crippen molar-refractivity contribution in [3.05, 3.63) is 75.8 Å². The molecule has 4 aromatic rings. The van der Waals surface area contributed by atoms with Gasteiger partial charge in [0.15, 0.2) is 0 Å². The van der Waals surface area contributed by atoms with Gasteiger partial charge in [0.1, 0.15) is 11.4 Å². The maximum absolute atomic E-state index is 13.3. The average molecular weight is 437 g/mol. The monoisotopic (exact) mass is 436 g/mol. The molecule has 150 valence electrons. The average Bonchev–Trinajstić information content (AvgIpc) is 3.30. The number of benzene rings is 2. The first-order chi connectivity index (χ1) is 14.5. The Morgan fingerprint density at radius 1 is 1.20 bits per heavy atom. The number of hydrogen-bond donors (Lipinski definition) is 1. The van der Waals surface area contributed by atoms with E-state index in [9.17, 15) is 9.59 Å². The Morgan fingerprint density at radius 2 is 1.97 bits per heavy atom. The molecule has 1 N–H and O–H groups in total. The summed E-state index contributed by atoms with van der Waals surface area (Å²) in [5.74, 6) is -0.397. The van der Waals surface area contributed by atoms with E-state index in [-0.39, 0.29) is 18.4 Å². The number of fused-ring (bicyclic) bond motifs is 2. The van der Waals surface area contributed by atoms with Crippen LogP contribution in [0.1, 0.15) is 20.9 Å². The van der Waals surface area contributed by atoms with E-state index in [1.807, 2.05) is 60.1 Å². The maximum atomic E-state index is 13.3. The molecule has 0 atom stereocenters. The van der Waals surface area contributed by atoms with Crippen molar-refractivity contribution in [3.63, 3.8) is 0 Å².